The topological polar surface area (TPSA) is 17.3 Å². The number of hydrogen-bond acceptors (Lipinski definition) is 2. The first-order valence-electron chi connectivity index (χ1n) is 5.88. The molecule has 2 unspecified atom stereocenters. The lowest BCUT2D eigenvalue weighted by atomic mass is 9.86. The molecule has 0 radical (unpaired) electrons. The van der Waals surface area contributed by atoms with E-state index in [9.17, 15) is 0 Å². The molecule has 2 heterocycles. The third kappa shape index (κ3) is 2.05. The van der Waals surface area contributed by atoms with Gasteiger partial charge >= 0.3 is 0 Å². The predicted molar refractivity (Wildman–Crippen MR) is 71.4 cm³/mol. The van der Waals surface area contributed by atoms with Crippen LogP contribution in [0.2, 0.25) is 0 Å². The minimum Gasteiger partial charge on any atom is -0.297 e. The fourth-order valence-corrected chi connectivity index (χ4v) is 4.03. The van der Waals surface area contributed by atoms with Gasteiger partial charge in [-0.15, -0.1) is 11.3 Å². The number of nitrogens with zero attached hydrogens (tertiary/aromatic N) is 2. The van der Waals surface area contributed by atoms with Crippen LogP contribution in [0.5, 0.6) is 0 Å². The van der Waals surface area contributed by atoms with Crippen molar-refractivity contribution >= 4 is 32.2 Å². The van der Waals surface area contributed by atoms with E-state index in [1.54, 1.807) is 11.3 Å². The van der Waals surface area contributed by atoms with Gasteiger partial charge in [-0.05, 0) is 25.2 Å². The van der Waals surface area contributed by atoms with E-state index in [2.05, 4.69) is 43.1 Å². The molecule has 1 aliphatic carbocycles. The number of alkyl halides is 1. The molecule has 1 fully saturated rings. The molecule has 0 bridgehead atoms. The SMILES string of the molecule is BrC1CCCCC1Cc1cn2ccsc2n1. The fourth-order valence-electron chi connectivity index (χ4n) is 2.54. The second kappa shape index (κ2) is 4.49. The summed E-state index contributed by atoms with van der Waals surface area (Å²) in [5.41, 5.74) is 1.25. The Morgan fingerprint density at radius 3 is 3.12 bits per heavy atom. The van der Waals surface area contributed by atoms with Crippen molar-refractivity contribution < 1.29 is 0 Å². The molecule has 16 heavy (non-hydrogen) atoms. The smallest absolute Gasteiger partial charge is 0.193 e. The Labute approximate surface area is 108 Å². The van der Waals surface area contributed by atoms with Crippen LogP contribution in [0.15, 0.2) is 17.8 Å². The third-order valence-electron chi connectivity index (χ3n) is 3.43. The second-order valence-electron chi connectivity index (χ2n) is 4.59. The summed E-state index contributed by atoms with van der Waals surface area (Å²) in [5, 5.41) is 2.08. The molecule has 2 nitrogen and oxygen atoms in total. The molecule has 2 aromatic rings. The van der Waals surface area contributed by atoms with Crippen molar-refractivity contribution in [2.45, 2.75) is 36.9 Å². The van der Waals surface area contributed by atoms with Gasteiger partial charge in [-0.3, -0.25) is 4.40 Å². The van der Waals surface area contributed by atoms with E-state index in [0.29, 0.717) is 4.83 Å². The highest BCUT2D eigenvalue weighted by Gasteiger charge is 2.23. The van der Waals surface area contributed by atoms with Gasteiger partial charge < -0.3 is 0 Å². The molecule has 3 rings (SSSR count). The lowest BCUT2D eigenvalue weighted by Gasteiger charge is -2.26. The van der Waals surface area contributed by atoms with Crippen molar-refractivity contribution in [3.63, 3.8) is 0 Å². The number of thiazole rings is 1. The van der Waals surface area contributed by atoms with Gasteiger partial charge in [-0.2, -0.15) is 0 Å². The first kappa shape index (κ1) is 10.8. The number of fused-ring (bicyclic) bond motifs is 1. The van der Waals surface area contributed by atoms with Gasteiger partial charge in [0, 0.05) is 22.6 Å². The Morgan fingerprint density at radius 2 is 2.31 bits per heavy atom. The van der Waals surface area contributed by atoms with E-state index in [0.717, 1.165) is 17.3 Å². The summed E-state index contributed by atoms with van der Waals surface area (Å²) in [7, 11) is 0. The van der Waals surface area contributed by atoms with Gasteiger partial charge in [0.1, 0.15) is 0 Å². The monoisotopic (exact) mass is 298 g/mol. The minimum absolute atomic E-state index is 0.695. The average Bonchev–Trinajstić information content (AvgIpc) is 2.81. The predicted octanol–water partition coefficient (Wildman–Crippen LogP) is 3.89. The Morgan fingerprint density at radius 1 is 1.44 bits per heavy atom. The Kier molecular flexibility index (Phi) is 3.03. The summed E-state index contributed by atoms with van der Waals surface area (Å²) in [4.78, 5) is 6.48. The third-order valence-corrected chi connectivity index (χ3v) is 5.41. The quantitative estimate of drug-likeness (QED) is 0.769. The van der Waals surface area contributed by atoms with Crippen molar-refractivity contribution in [3.8, 4) is 0 Å². The van der Waals surface area contributed by atoms with E-state index in [-0.39, 0.29) is 0 Å². The first-order valence-corrected chi connectivity index (χ1v) is 7.67. The highest BCUT2D eigenvalue weighted by molar-refractivity contribution is 9.09. The molecule has 2 aromatic heterocycles. The molecule has 1 aliphatic rings. The van der Waals surface area contributed by atoms with E-state index in [1.165, 1.54) is 31.4 Å². The van der Waals surface area contributed by atoms with Crippen LogP contribution < -0.4 is 0 Å². The fraction of sp³-hybridized carbons (Fsp3) is 0.583. The van der Waals surface area contributed by atoms with E-state index in [4.69, 9.17) is 0 Å². The lowest BCUT2D eigenvalue weighted by Crippen LogP contribution is -2.21. The van der Waals surface area contributed by atoms with Crippen LogP contribution in [-0.4, -0.2) is 14.2 Å². The largest absolute Gasteiger partial charge is 0.297 e. The molecular formula is C12H15BrN2S. The zero-order valence-electron chi connectivity index (χ0n) is 9.10. The highest BCUT2D eigenvalue weighted by atomic mass is 79.9. The molecule has 2 atom stereocenters. The summed E-state index contributed by atoms with van der Waals surface area (Å²) in [5.74, 6) is 0.776. The zero-order valence-corrected chi connectivity index (χ0v) is 11.5. The van der Waals surface area contributed by atoms with Crippen molar-refractivity contribution in [1.82, 2.24) is 9.38 Å². The first-order chi connectivity index (χ1) is 7.83. The molecule has 86 valence electrons. The molecular weight excluding hydrogens is 284 g/mol. The number of aromatic nitrogens is 2. The second-order valence-corrected chi connectivity index (χ2v) is 6.64. The van der Waals surface area contributed by atoms with Crippen LogP contribution in [0.3, 0.4) is 0 Å². The van der Waals surface area contributed by atoms with Crippen molar-refractivity contribution in [3.05, 3.63) is 23.5 Å². The zero-order chi connectivity index (χ0) is 11.0. The van der Waals surface area contributed by atoms with Crippen LogP contribution >= 0.6 is 27.3 Å². The Hall–Kier alpha value is -0.350. The Balaban J connectivity index is 1.76. The van der Waals surface area contributed by atoms with Crippen molar-refractivity contribution in [1.29, 1.82) is 0 Å². The van der Waals surface area contributed by atoms with E-state index >= 15 is 0 Å². The maximum absolute atomic E-state index is 4.66. The van der Waals surface area contributed by atoms with Gasteiger partial charge in [0.15, 0.2) is 4.96 Å². The molecule has 0 N–H and O–H groups in total. The van der Waals surface area contributed by atoms with Crippen molar-refractivity contribution in [2.24, 2.45) is 5.92 Å². The number of rotatable bonds is 2. The highest BCUT2D eigenvalue weighted by Crippen LogP contribution is 2.32. The van der Waals surface area contributed by atoms with Crippen LogP contribution in [0.4, 0.5) is 0 Å². The standard InChI is InChI=1S/C12H15BrN2S/c13-11-4-2-1-3-9(11)7-10-8-15-5-6-16-12(15)14-10/h5-6,8-9,11H,1-4,7H2. The minimum atomic E-state index is 0.695. The summed E-state index contributed by atoms with van der Waals surface area (Å²) in [6, 6.07) is 0. The Bertz CT molecular complexity index is 448. The molecule has 0 aromatic carbocycles. The van der Waals surface area contributed by atoms with Gasteiger partial charge in [-0.25, -0.2) is 4.98 Å². The molecule has 4 heteroatoms. The van der Waals surface area contributed by atoms with Gasteiger partial charge in [0.05, 0.1) is 5.69 Å². The summed E-state index contributed by atoms with van der Waals surface area (Å²) < 4.78 is 2.13. The molecule has 1 saturated carbocycles. The lowest BCUT2D eigenvalue weighted by molar-refractivity contribution is 0.371. The van der Waals surface area contributed by atoms with Crippen LogP contribution in [0.25, 0.3) is 4.96 Å². The van der Waals surface area contributed by atoms with Crippen LogP contribution in [0.1, 0.15) is 31.4 Å². The average molecular weight is 299 g/mol. The molecule has 0 saturated heterocycles. The number of imidazole rings is 1. The molecule has 0 aliphatic heterocycles. The molecule has 0 amide bonds. The van der Waals surface area contributed by atoms with Gasteiger partial charge in [-0.1, -0.05) is 28.8 Å². The normalized spacial score (nSPS) is 26.3. The maximum Gasteiger partial charge on any atom is 0.193 e. The summed E-state index contributed by atoms with van der Waals surface area (Å²) in [6.45, 7) is 0. The van der Waals surface area contributed by atoms with Crippen LogP contribution in [0, 0.1) is 5.92 Å². The van der Waals surface area contributed by atoms with E-state index < -0.39 is 0 Å². The molecule has 0 spiro atoms. The number of hydrogen-bond donors (Lipinski definition) is 0. The maximum atomic E-state index is 4.66. The van der Waals surface area contributed by atoms with Gasteiger partial charge in [0.25, 0.3) is 0 Å². The van der Waals surface area contributed by atoms with E-state index in [1.807, 2.05) is 0 Å². The van der Waals surface area contributed by atoms with Crippen molar-refractivity contribution in [2.75, 3.05) is 0 Å². The summed E-state index contributed by atoms with van der Waals surface area (Å²) in [6.07, 6.45) is 10.8. The van der Waals surface area contributed by atoms with Gasteiger partial charge in [0.2, 0.25) is 0 Å². The summed E-state index contributed by atoms with van der Waals surface area (Å²) >= 11 is 5.53. The van der Waals surface area contributed by atoms with Crippen LogP contribution in [-0.2, 0) is 6.42 Å². The number of halogens is 1.